The number of anilines is 2. The Kier molecular flexibility index (Phi) is 5.44. The minimum absolute atomic E-state index is 0.151. The van der Waals surface area contributed by atoms with Crippen LogP contribution in [0.1, 0.15) is 16.1 Å². The van der Waals surface area contributed by atoms with E-state index in [0.29, 0.717) is 16.8 Å². The third-order valence-electron chi connectivity index (χ3n) is 4.28. The maximum Gasteiger partial charge on any atom is 0.269 e. The molecule has 150 valence electrons. The summed E-state index contributed by atoms with van der Waals surface area (Å²) in [5.74, 6) is 0.555. The molecule has 0 fully saturated rings. The molecular formula is C21H17BrN6O2. The standard InChI is InChI=1S/C21H17BrN6O2/c1-12-5-6-13-3-2-4-16(18(13)26-12)30-21-17(23)19(24-11-25-21)27-28-20(29)14-7-9-15(22)10-8-14/h2-11H,23H2,1H3,(H,28,29)(H,24,25,27). The predicted octanol–water partition coefficient (Wildman–Crippen LogP) is 4.23. The zero-order valence-corrected chi connectivity index (χ0v) is 17.5. The van der Waals surface area contributed by atoms with Crippen molar-refractivity contribution >= 4 is 44.2 Å². The molecule has 8 nitrogen and oxygen atoms in total. The van der Waals surface area contributed by atoms with Crippen LogP contribution in [0.2, 0.25) is 0 Å². The number of nitrogens with zero attached hydrogens (tertiary/aromatic N) is 3. The first kappa shape index (κ1) is 19.6. The van der Waals surface area contributed by atoms with Crippen molar-refractivity contribution in [2.24, 2.45) is 0 Å². The molecule has 9 heteroatoms. The second-order valence-electron chi connectivity index (χ2n) is 6.41. The number of hydrogen-bond donors (Lipinski definition) is 3. The average Bonchev–Trinajstić information content (AvgIpc) is 2.75. The first-order chi connectivity index (χ1) is 14.5. The lowest BCUT2D eigenvalue weighted by molar-refractivity contribution is 0.0962. The van der Waals surface area contributed by atoms with Crippen molar-refractivity contribution < 1.29 is 9.53 Å². The summed E-state index contributed by atoms with van der Waals surface area (Å²) >= 11 is 3.33. The summed E-state index contributed by atoms with van der Waals surface area (Å²) in [4.78, 5) is 25.0. The van der Waals surface area contributed by atoms with Crippen LogP contribution >= 0.6 is 15.9 Å². The predicted molar refractivity (Wildman–Crippen MR) is 118 cm³/mol. The van der Waals surface area contributed by atoms with E-state index in [9.17, 15) is 4.79 Å². The highest BCUT2D eigenvalue weighted by atomic mass is 79.9. The Morgan fingerprint density at radius 3 is 2.67 bits per heavy atom. The zero-order valence-electron chi connectivity index (χ0n) is 15.9. The van der Waals surface area contributed by atoms with Crippen LogP contribution in [0.15, 0.2) is 65.4 Å². The van der Waals surface area contributed by atoms with Gasteiger partial charge in [0.2, 0.25) is 5.88 Å². The highest BCUT2D eigenvalue weighted by Crippen LogP contribution is 2.32. The lowest BCUT2D eigenvalue weighted by Crippen LogP contribution is -2.30. The lowest BCUT2D eigenvalue weighted by Gasteiger charge is -2.13. The number of nitrogen functional groups attached to an aromatic ring is 1. The monoisotopic (exact) mass is 464 g/mol. The van der Waals surface area contributed by atoms with Crippen LogP contribution in [0.5, 0.6) is 11.6 Å². The number of ether oxygens (including phenoxy) is 1. The van der Waals surface area contributed by atoms with E-state index in [0.717, 1.165) is 15.6 Å². The molecule has 0 saturated carbocycles. The average molecular weight is 465 g/mol. The maximum atomic E-state index is 12.3. The summed E-state index contributed by atoms with van der Waals surface area (Å²) in [6.45, 7) is 1.91. The third kappa shape index (κ3) is 4.15. The third-order valence-corrected chi connectivity index (χ3v) is 4.81. The van der Waals surface area contributed by atoms with Crippen molar-refractivity contribution in [2.75, 3.05) is 11.2 Å². The zero-order chi connectivity index (χ0) is 21.1. The Morgan fingerprint density at radius 2 is 1.87 bits per heavy atom. The molecule has 0 saturated heterocycles. The second-order valence-corrected chi connectivity index (χ2v) is 7.33. The first-order valence-corrected chi connectivity index (χ1v) is 9.77. The number of para-hydroxylation sites is 1. The number of halogens is 1. The Hall–Kier alpha value is -3.72. The number of nitrogens with two attached hydrogens (primary N) is 1. The Labute approximate surface area is 180 Å². The van der Waals surface area contributed by atoms with Crippen molar-refractivity contribution in [3.8, 4) is 11.6 Å². The van der Waals surface area contributed by atoms with Crippen molar-refractivity contribution in [1.82, 2.24) is 20.4 Å². The van der Waals surface area contributed by atoms with Crippen LogP contribution in [0.3, 0.4) is 0 Å². The molecule has 0 radical (unpaired) electrons. The molecule has 2 heterocycles. The number of carbonyl (C=O) groups excluding carboxylic acids is 1. The molecule has 1 amide bonds. The summed E-state index contributed by atoms with van der Waals surface area (Å²) < 4.78 is 6.81. The molecule has 4 aromatic rings. The number of fused-ring (bicyclic) bond motifs is 1. The van der Waals surface area contributed by atoms with Crippen molar-refractivity contribution in [1.29, 1.82) is 0 Å². The van der Waals surface area contributed by atoms with Crippen molar-refractivity contribution in [2.45, 2.75) is 6.92 Å². The van der Waals surface area contributed by atoms with Gasteiger partial charge in [0.05, 0.1) is 0 Å². The summed E-state index contributed by atoms with van der Waals surface area (Å²) in [6, 6.07) is 16.4. The fourth-order valence-electron chi connectivity index (χ4n) is 2.75. The summed E-state index contributed by atoms with van der Waals surface area (Å²) in [5, 5.41) is 0.936. The largest absolute Gasteiger partial charge is 0.435 e. The Bertz CT molecular complexity index is 1230. The lowest BCUT2D eigenvalue weighted by atomic mass is 10.2. The number of aromatic nitrogens is 3. The molecule has 0 bridgehead atoms. The number of aryl methyl sites for hydroxylation is 1. The molecule has 0 aliphatic rings. The van der Waals surface area contributed by atoms with Crippen LogP contribution in [0, 0.1) is 6.92 Å². The van der Waals surface area contributed by atoms with E-state index >= 15 is 0 Å². The van der Waals surface area contributed by atoms with Gasteiger partial charge in [-0.05, 0) is 43.3 Å². The number of hydrazine groups is 1. The molecule has 0 aliphatic heterocycles. The van der Waals surface area contributed by atoms with Gasteiger partial charge in [-0.25, -0.2) is 9.97 Å². The molecule has 0 aliphatic carbocycles. The molecule has 0 unspecified atom stereocenters. The number of carbonyl (C=O) groups is 1. The maximum absolute atomic E-state index is 12.3. The smallest absolute Gasteiger partial charge is 0.269 e. The van der Waals surface area contributed by atoms with E-state index in [4.69, 9.17) is 10.5 Å². The molecular weight excluding hydrogens is 448 g/mol. The number of pyridine rings is 1. The number of benzene rings is 2. The quantitative estimate of drug-likeness (QED) is 0.378. The van der Waals surface area contributed by atoms with Gasteiger partial charge in [0, 0.05) is 21.1 Å². The molecule has 30 heavy (non-hydrogen) atoms. The van der Waals surface area contributed by atoms with E-state index in [2.05, 4.69) is 41.7 Å². The summed E-state index contributed by atoms with van der Waals surface area (Å²) in [6.07, 6.45) is 1.30. The van der Waals surface area contributed by atoms with Gasteiger partial charge in [0.1, 0.15) is 17.5 Å². The van der Waals surface area contributed by atoms with E-state index in [1.807, 2.05) is 31.2 Å². The first-order valence-electron chi connectivity index (χ1n) is 8.98. The van der Waals surface area contributed by atoms with Gasteiger partial charge in [0.15, 0.2) is 11.6 Å². The van der Waals surface area contributed by atoms with E-state index in [1.165, 1.54) is 6.33 Å². The normalized spacial score (nSPS) is 10.6. The summed E-state index contributed by atoms with van der Waals surface area (Å²) in [5.41, 5.74) is 13.6. The molecule has 2 aromatic heterocycles. The molecule has 4 N–H and O–H groups in total. The highest BCUT2D eigenvalue weighted by molar-refractivity contribution is 9.10. The molecule has 2 aromatic carbocycles. The minimum Gasteiger partial charge on any atom is -0.435 e. The van der Waals surface area contributed by atoms with Crippen LogP contribution in [-0.4, -0.2) is 20.9 Å². The fraction of sp³-hybridized carbons (Fsp3) is 0.0476. The molecule has 0 spiro atoms. The molecule has 0 atom stereocenters. The van der Waals surface area contributed by atoms with Gasteiger partial charge < -0.3 is 10.5 Å². The number of hydrogen-bond acceptors (Lipinski definition) is 7. The van der Waals surface area contributed by atoms with Crippen LogP contribution in [-0.2, 0) is 0 Å². The van der Waals surface area contributed by atoms with Crippen LogP contribution in [0.4, 0.5) is 11.5 Å². The Morgan fingerprint density at radius 1 is 1.07 bits per heavy atom. The van der Waals surface area contributed by atoms with Crippen LogP contribution < -0.4 is 21.3 Å². The number of amides is 1. The second kappa shape index (κ2) is 8.34. The van der Waals surface area contributed by atoms with Gasteiger partial charge in [-0.1, -0.05) is 34.1 Å². The Balaban J connectivity index is 1.54. The van der Waals surface area contributed by atoms with Gasteiger partial charge in [-0.15, -0.1) is 0 Å². The van der Waals surface area contributed by atoms with Crippen LogP contribution in [0.25, 0.3) is 10.9 Å². The molecule has 4 rings (SSSR count). The van der Waals surface area contributed by atoms with Crippen molar-refractivity contribution in [3.63, 3.8) is 0 Å². The van der Waals surface area contributed by atoms with E-state index < -0.39 is 0 Å². The number of nitrogens with one attached hydrogen (secondary N) is 2. The highest BCUT2D eigenvalue weighted by Gasteiger charge is 2.14. The summed E-state index contributed by atoms with van der Waals surface area (Å²) in [7, 11) is 0. The van der Waals surface area contributed by atoms with Gasteiger partial charge in [-0.2, -0.15) is 4.98 Å². The fourth-order valence-corrected chi connectivity index (χ4v) is 3.02. The SMILES string of the molecule is Cc1ccc2cccc(Oc3ncnc(NNC(=O)c4ccc(Br)cc4)c3N)c2n1. The van der Waals surface area contributed by atoms with Gasteiger partial charge >= 0.3 is 0 Å². The van der Waals surface area contributed by atoms with Gasteiger partial charge in [-0.3, -0.25) is 15.6 Å². The van der Waals surface area contributed by atoms with Gasteiger partial charge in [0.25, 0.3) is 5.91 Å². The number of rotatable bonds is 5. The minimum atomic E-state index is -0.336. The van der Waals surface area contributed by atoms with Crippen molar-refractivity contribution in [3.05, 3.63) is 76.7 Å². The van der Waals surface area contributed by atoms with E-state index in [-0.39, 0.29) is 23.3 Å². The van der Waals surface area contributed by atoms with E-state index in [1.54, 1.807) is 30.3 Å². The topological polar surface area (TPSA) is 115 Å².